The van der Waals surface area contributed by atoms with E-state index in [1.807, 2.05) is 85.1 Å². The molecule has 0 aromatic heterocycles. The lowest BCUT2D eigenvalue weighted by Gasteiger charge is -2.18. The molecule has 6 nitrogen and oxygen atoms in total. The number of ether oxygens (including phenoxy) is 3. The van der Waals surface area contributed by atoms with Crippen molar-refractivity contribution >= 4 is 17.9 Å². The van der Waals surface area contributed by atoms with Gasteiger partial charge in [-0.1, -0.05) is 212 Å². The van der Waals surface area contributed by atoms with Gasteiger partial charge in [0.1, 0.15) is 13.2 Å². The van der Waals surface area contributed by atoms with Crippen molar-refractivity contribution in [3.63, 3.8) is 0 Å². The van der Waals surface area contributed by atoms with Gasteiger partial charge in [-0.25, -0.2) is 0 Å². The molecular formula is C55H82O6. The molecule has 0 aliphatic rings. The lowest BCUT2D eigenvalue weighted by molar-refractivity contribution is -0.167. The van der Waals surface area contributed by atoms with E-state index in [4.69, 9.17) is 14.2 Å². The van der Waals surface area contributed by atoms with Crippen LogP contribution >= 0.6 is 0 Å². The van der Waals surface area contributed by atoms with Crippen LogP contribution in [0.5, 0.6) is 0 Å². The van der Waals surface area contributed by atoms with Gasteiger partial charge in [0.05, 0.1) is 0 Å². The quantitative estimate of drug-likeness (QED) is 0.0265. The van der Waals surface area contributed by atoms with Gasteiger partial charge in [0.2, 0.25) is 0 Å². The smallest absolute Gasteiger partial charge is 0.306 e. The molecule has 0 saturated carbocycles. The average molecular weight is 839 g/mol. The van der Waals surface area contributed by atoms with Gasteiger partial charge in [0.25, 0.3) is 0 Å². The minimum atomic E-state index is -0.822. The highest BCUT2D eigenvalue weighted by Crippen LogP contribution is 2.12. The molecule has 61 heavy (non-hydrogen) atoms. The summed E-state index contributed by atoms with van der Waals surface area (Å²) in [6.45, 7) is 6.10. The second-order valence-electron chi connectivity index (χ2n) is 14.8. The summed E-state index contributed by atoms with van der Waals surface area (Å²) in [6, 6.07) is 0. The van der Waals surface area contributed by atoms with Crippen molar-refractivity contribution in [3.8, 4) is 0 Å². The topological polar surface area (TPSA) is 78.9 Å². The number of hydrogen-bond acceptors (Lipinski definition) is 6. The van der Waals surface area contributed by atoms with E-state index in [9.17, 15) is 14.4 Å². The molecule has 0 aliphatic carbocycles. The lowest BCUT2D eigenvalue weighted by atomic mass is 10.1. The fraction of sp³-hybridized carbons (Fsp3) is 0.509. The van der Waals surface area contributed by atoms with Crippen LogP contribution in [0.15, 0.2) is 146 Å². The van der Waals surface area contributed by atoms with Crippen molar-refractivity contribution in [1.29, 1.82) is 0 Å². The first-order valence-electron chi connectivity index (χ1n) is 23.5. The zero-order valence-electron chi connectivity index (χ0n) is 38.4. The van der Waals surface area contributed by atoms with Gasteiger partial charge in [-0.15, -0.1) is 0 Å². The van der Waals surface area contributed by atoms with Gasteiger partial charge in [0.15, 0.2) is 6.10 Å². The minimum absolute atomic E-state index is 0.120. The predicted molar refractivity (Wildman–Crippen MR) is 260 cm³/mol. The number of carbonyl (C=O) groups is 3. The SMILES string of the molecule is CC/C=C/C=C/C=C/C=C/CCCCCCCC(=O)OCC(COC(=O)CCCCC/C=C/C=C/C=C/C=C/CC)OC(=O)CCCCCCC/C=C/C=C/C=C/C=C/CC. The van der Waals surface area contributed by atoms with Gasteiger partial charge in [-0.2, -0.15) is 0 Å². The Labute approximate surface area is 372 Å². The molecule has 0 spiro atoms. The molecule has 0 heterocycles. The van der Waals surface area contributed by atoms with Crippen LogP contribution in [-0.4, -0.2) is 37.2 Å². The Morgan fingerprint density at radius 2 is 0.590 bits per heavy atom. The fourth-order valence-corrected chi connectivity index (χ4v) is 5.65. The Morgan fingerprint density at radius 3 is 0.934 bits per heavy atom. The summed E-state index contributed by atoms with van der Waals surface area (Å²) in [4.78, 5) is 37.9. The number of hydrogen-bond donors (Lipinski definition) is 0. The summed E-state index contributed by atoms with van der Waals surface area (Å²) in [5, 5.41) is 0. The molecule has 1 unspecified atom stereocenters. The molecule has 6 heteroatoms. The Morgan fingerprint density at radius 1 is 0.328 bits per heavy atom. The predicted octanol–water partition coefficient (Wildman–Crippen LogP) is 15.3. The summed E-state index contributed by atoms with van der Waals surface area (Å²) >= 11 is 0. The van der Waals surface area contributed by atoms with Gasteiger partial charge in [-0.3, -0.25) is 14.4 Å². The second-order valence-corrected chi connectivity index (χ2v) is 14.8. The van der Waals surface area contributed by atoms with Gasteiger partial charge in [0, 0.05) is 19.3 Å². The summed E-state index contributed by atoms with van der Waals surface area (Å²) in [5.41, 5.74) is 0. The molecule has 0 rings (SSSR count). The normalized spacial score (nSPS) is 13.4. The molecule has 338 valence electrons. The van der Waals surface area contributed by atoms with Gasteiger partial charge in [-0.05, 0) is 77.0 Å². The molecular weight excluding hydrogens is 757 g/mol. The van der Waals surface area contributed by atoms with Crippen LogP contribution in [0.25, 0.3) is 0 Å². The zero-order valence-corrected chi connectivity index (χ0v) is 38.4. The Hall–Kier alpha value is -4.71. The third-order valence-corrected chi connectivity index (χ3v) is 9.10. The fourth-order valence-electron chi connectivity index (χ4n) is 5.65. The van der Waals surface area contributed by atoms with E-state index in [2.05, 4.69) is 81.5 Å². The maximum absolute atomic E-state index is 12.8. The second kappa shape index (κ2) is 48.0. The first kappa shape index (κ1) is 56.3. The van der Waals surface area contributed by atoms with E-state index in [0.29, 0.717) is 12.8 Å². The minimum Gasteiger partial charge on any atom is -0.462 e. The van der Waals surface area contributed by atoms with E-state index in [0.717, 1.165) is 122 Å². The van der Waals surface area contributed by atoms with Crippen molar-refractivity contribution in [3.05, 3.63) is 146 Å². The molecule has 0 amide bonds. The van der Waals surface area contributed by atoms with Crippen LogP contribution in [0.2, 0.25) is 0 Å². The van der Waals surface area contributed by atoms with Crippen molar-refractivity contribution in [2.75, 3.05) is 13.2 Å². The molecule has 0 saturated heterocycles. The van der Waals surface area contributed by atoms with Crippen molar-refractivity contribution in [2.24, 2.45) is 0 Å². The summed E-state index contributed by atoms with van der Waals surface area (Å²) in [6.07, 6.45) is 68.2. The number of unbranched alkanes of at least 4 members (excludes halogenated alkanes) is 13. The Kier molecular flexibility index (Phi) is 44.3. The molecule has 0 fully saturated rings. The Balaban J connectivity index is 4.58. The lowest BCUT2D eigenvalue weighted by Crippen LogP contribution is -2.30. The van der Waals surface area contributed by atoms with Crippen LogP contribution < -0.4 is 0 Å². The van der Waals surface area contributed by atoms with Crippen LogP contribution in [-0.2, 0) is 28.6 Å². The Bertz CT molecular complexity index is 1430. The highest BCUT2D eigenvalue weighted by atomic mass is 16.6. The number of rotatable bonds is 39. The monoisotopic (exact) mass is 839 g/mol. The van der Waals surface area contributed by atoms with Crippen molar-refractivity contribution in [2.45, 2.75) is 168 Å². The molecule has 0 N–H and O–H groups in total. The number of esters is 3. The van der Waals surface area contributed by atoms with E-state index in [-0.39, 0.29) is 37.5 Å². The maximum Gasteiger partial charge on any atom is 0.306 e. The van der Waals surface area contributed by atoms with Gasteiger partial charge >= 0.3 is 17.9 Å². The maximum atomic E-state index is 12.8. The molecule has 0 aromatic carbocycles. The van der Waals surface area contributed by atoms with Gasteiger partial charge < -0.3 is 14.2 Å². The number of allylic oxidation sites excluding steroid dienone is 24. The van der Waals surface area contributed by atoms with Crippen LogP contribution in [0, 0.1) is 0 Å². The third kappa shape index (κ3) is 46.2. The highest BCUT2D eigenvalue weighted by molar-refractivity contribution is 5.71. The first-order valence-corrected chi connectivity index (χ1v) is 23.5. The van der Waals surface area contributed by atoms with E-state index < -0.39 is 6.10 Å². The first-order chi connectivity index (χ1) is 30.0. The largest absolute Gasteiger partial charge is 0.462 e. The third-order valence-electron chi connectivity index (χ3n) is 9.10. The highest BCUT2D eigenvalue weighted by Gasteiger charge is 2.19. The average Bonchev–Trinajstić information content (AvgIpc) is 3.26. The summed E-state index contributed by atoms with van der Waals surface area (Å²) in [7, 11) is 0. The standard InChI is InChI=1S/C55H82O6/c1-4-7-10-13-16-19-22-25-27-30-33-36-39-42-45-48-54(57)60-51-52(50-59-53(56)47-44-41-38-35-32-29-24-21-18-15-12-9-6-3)61-55(58)49-46-43-40-37-34-31-28-26-23-20-17-14-11-8-5-2/h7-29,32,52H,4-6,30-31,33-51H2,1-3H3/b10-7+,11-8+,12-9+,16-13+,17-14+,18-15+,22-19+,23-20+,24-21+,27-25+,28-26+,32-29+. The molecule has 0 aromatic rings. The van der Waals surface area contributed by atoms with Crippen LogP contribution in [0.4, 0.5) is 0 Å². The van der Waals surface area contributed by atoms with E-state index in [1.54, 1.807) is 0 Å². The van der Waals surface area contributed by atoms with Crippen LogP contribution in [0.1, 0.15) is 162 Å². The van der Waals surface area contributed by atoms with Crippen molar-refractivity contribution in [1.82, 2.24) is 0 Å². The zero-order chi connectivity index (χ0) is 44.4. The summed E-state index contributed by atoms with van der Waals surface area (Å²) in [5.74, 6) is -1.02. The molecule has 0 aliphatic heterocycles. The summed E-state index contributed by atoms with van der Waals surface area (Å²) < 4.78 is 16.7. The van der Waals surface area contributed by atoms with Crippen molar-refractivity contribution < 1.29 is 28.6 Å². The molecule has 0 bridgehead atoms. The van der Waals surface area contributed by atoms with E-state index in [1.165, 1.54) is 0 Å². The number of carbonyl (C=O) groups excluding carboxylic acids is 3. The molecule has 0 radical (unpaired) electrons. The van der Waals surface area contributed by atoms with E-state index >= 15 is 0 Å². The van der Waals surface area contributed by atoms with Crippen LogP contribution in [0.3, 0.4) is 0 Å². The molecule has 1 atom stereocenters.